The van der Waals surface area contributed by atoms with E-state index in [0.717, 1.165) is 33.2 Å². The molecule has 2 atom stereocenters. The normalized spacial score (nSPS) is 16.7. The second-order valence-electron chi connectivity index (χ2n) is 9.73. The number of nitrogens with one attached hydrogen (secondary N) is 1. The minimum atomic E-state index is -0.771. The molecular formula is C29H33N3O4. The van der Waals surface area contributed by atoms with Gasteiger partial charge in [0.1, 0.15) is 18.6 Å². The largest absolute Gasteiger partial charge is 0.468 e. The topological polar surface area (TPSA) is 79.0 Å². The summed E-state index contributed by atoms with van der Waals surface area (Å²) in [4.78, 5) is 39.8. The van der Waals surface area contributed by atoms with Crippen LogP contribution < -0.4 is 5.32 Å². The van der Waals surface area contributed by atoms with E-state index in [4.69, 9.17) is 4.74 Å². The summed E-state index contributed by atoms with van der Waals surface area (Å²) in [5.74, 6) is -0.822. The van der Waals surface area contributed by atoms with Gasteiger partial charge in [0.2, 0.25) is 5.91 Å². The van der Waals surface area contributed by atoms with E-state index in [2.05, 4.69) is 5.32 Å². The first-order chi connectivity index (χ1) is 17.2. The number of carbonyl (C=O) groups is 3. The van der Waals surface area contributed by atoms with Gasteiger partial charge in [-0.2, -0.15) is 5.01 Å². The maximum absolute atomic E-state index is 13.8. The van der Waals surface area contributed by atoms with Crippen LogP contribution >= 0.6 is 0 Å². The van der Waals surface area contributed by atoms with Crippen molar-refractivity contribution in [2.75, 3.05) is 19.0 Å². The molecule has 4 rings (SSSR count). The second-order valence-corrected chi connectivity index (χ2v) is 9.73. The SMILES string of the molecule is COC(=O)CN1C(c2cccc3ccccc23)C(=O)N1C(CC(C)C)C(=O)Nc1c(C)cccc1C. The Balaban J connectivity index is 1.72. The molecule has 2 unspecified atom stereocenters. The molecule has 36 heavy (non-hydrogen) atoms. The van der Waals surface area contributed by atoms with Crippen molar-refractivity contribution in [3.8, 4) is 0 Å². The number of para-hydroxylation sites is 1. The lowest BCUT2D eigenvalue weighted by atomic mass is 9.92. The molecule has 1 fully saturated rings. The lowest BCUT2D eigenvalue weighted by Crippen LogP contribution is -2.69. The van der Waals surface area contributed by atoms with Gasteiger partial charge in [-0.15, -0.1) is 0 Å². The number of carbonyl (C=O) groups excluding carboxylic acids is 3. The van der Waals surface area contributed by atoms with E-state index < -0.39 is 18.1 Å². The van der Waals surface area contributed by atoms with E-state index in [1.54, 1.807) is 5.01 Å². The monoisotopic (exact) mass is 487 g/mol. The van der Waals surface area contributed by atoms with E-state index in [-0.39, 0.29) is 24.3 Å². The van der Waals surface area contributed by atoms with Crippen LogP contribution in [0.1, 0.15) is 43.0 Å². The Morgan fingerprint density at radius 1 is 0.972 bits per heavy atom. The fourth-order valence-corrected chi connectivity index (χ4v) is 4.91. The molecule has 1 saturated heterocycles. The van der Waals surface area contributed by atoms with E-state index in [1.807, 2.05) is 88.4 Å². The number of fused-ring (bicyclic) bond motifs is 1. The summed E-state index contributed by atoms with van der Waals surface area (Å²) in [6.07, 6.45) is 0.447. The highest BCUT2D eigenvalue weighted by atomic mass is 16.5. The zero-order chi connectivity index (χ0) is 26.0. The zero-order valence-corrected chi connectivity index (χ0v) is 21.4. The molecule has 1 aliphatic heterocycles. The van der Waals surface area contributed by atoms with Crippen LogP contribution in [0.25, 0.3) is 10.8 Å². The Hall–Kier alpha value is -3.71. The third kappa shape index (κ3) is 4.84. The molecule has 0 bridgehead atoms. The van der Waals surface area contributed by atoms with Crippen LogP contribution in [0.4, 0.5) is 5.69 Å². The lowest BCUT2D eigenvalue weighted by molar-refractivity contribution is -0.210. The van der Waals surface area contributed by atoms with E-state index in [1.165, 1.54) is 12.1 Å². The number of esters is 1. The van der Waals surface area contributed by atoms with Crippen LogP contribution in [0.2, 0.25) is 0 Å². The van der Waals surface area contributed by atoms with Crippen LogP contribution in [0, 0.1) is 19.8 Å². The van der Waals surface area contributed by atoms with Crippen LogP contribution in [0.3, 0.4) is 0 Å². The molecule has 0 radical (unpaired) electrons. The number of nitrogens with zero attached hydrogens (tertiary/aromatic N) is 2. The predicted octanol–water partition coefficient (Wildman–Crippen LogP) is 4.78. The fraction of sp³-hybridized carbons (Fsp3) is 0.345. The van der Waals surface area contributed by atoms with Gasteiger partial charge < -0.3 is 10.1 Å². The molecule has 3 aromatic rings. The molecule has 0 aromatic heterocycles. The molecule has 2 amide bonds. The van der Waals surface area contributed by atoms with Crippen molar-refractivity contribution in [3.63, 3.8) is 0 Å². The summed E-state index contributed by atoms with van der Waals surface area (Å²) in [7, 11) is 1.32. The van der Waals surface area contributed by atoms with Gasteiger partial charge in [0.15, 0.2) is 0 Å². The Kier molecular flexibility index (Phi) is 7.40. The van der Waals surface area contributed by atoms with Gasteiger partial charge in [-0.3, -0.25) is 19.4 Å². The molecule has 0 aliphatic carbocycles. The molecular weight excluding hydrogens is 454 g/mol. The summed E-state index contributed by atoms with van der Waals surface area (Å²) < 4.78 is 4.94. The Labute approximate surface area is 212 Å². The average molecular weight is 488 g/mol. The number of rotatable bonds is 8. The van der Waals surface area contributed by atoms with Crippen molar-refractivity contribution in [3.05, 3.63) is 77.4 Å². The van der Waals surface area contributed by atoms with Gasteiger partial charge in [-0.25, -0.2) is 0 Å². The van der Waals surface area contributed by atoms with Crippen molar-refractivity contribution in [1.29, 1.82) is 0 Å². The van der Waals surface area contributed by atoms with Crippen LogP contribution in [0.15, 0.2) is 60.7 Å². The Bertz CT molecular complexity index is 1280. The predicted molar refractivity (Wildman–Crippen MR) is 140 cm³/mol. The van der Waals surface area contributed by atoms with Crippen LogP contribution in [-0.2, 0) is 19.1 Å². The van der Waals surface area contributed by atoms with Gasteiger partial charge in [-0.05, 0) is 53.6 Å². The number of hydrogen-bond donors (Lipinski definition) is 1. The van der Waals surface area contributed by atoms with E-state index in [9.17, 15) is 14.4 Å². The number of methoxy groups -OCH3 is 1. The summed E-state index contributed by atoms with van der Waals surface area (Å²) in [5.41, 5.74) is 3.44. The molecule has 1 heterocycles. The molecule has 188 valence electrons. The van der Waals surface area contributed by atoms with Gasteiger partial charge in [0.25, 0.3) is 5.91 Å². The highest BCUT2D eigenvalue weighted by molar-refractivity contribution is 6.02. The number of aryl methyl sites for hydroxylation is 2. The first-order valence-corrected chi connectivity index (χ1v) is 12.2. The minimum absolute atomic E-state index is 0.138. The number of benzene rings is 3. The van der Waals surface area contributed by atoms with E-state index in [0.29, 0.717) is 6.42 Å². The van der Waals surface area contributed by atoms with Crippen LogP contribution in [-0.4, -0.2) is 47.5 Å². The number of anilines is 1. The third-order valence-electron chi connectivity index (χ3n) is 6.69. The highest BCUT2D eigenvalue weighted by Gasteiger charge is 2.52. The summed E-state index contributed by atoms with van der Waals surface area (Å²) in [6, 6.07) is 18.0. The summed E-state index contributed by atoms with van der Waals surface area (Å²) in [6.45, 7) is 7.76. The van der Waals surface area contributed by atoms with Crippen molar-refractivity contribution in [1.82, 2.24) is 10.0 Å². The molecule has 7 heteroatoms. The molecule has 0 spiro atoms. The Morgan fingerprint density at radius 2 is 1.61 bits per heavy atom. The maximum atomic E-state index is 13.8. The maximum Gasteiger partial charge on any atom is 0.321 e. The molecule has 1 N–H and O–H groups in total. The van der Waals surface area contributed by atoms with Crippen molar-refractivity contribution < 1.29 is 19.1 Å². The summed E-state index contributed by atoms with van der Waals surface area (Å²) >= 11 is 0. The second kappa shape index (κ2) is 10.5. The van der Waals surface area contributed by atoms with Crippen molar-refractivity contribution in [2.24, 2.45) is 5.92 Å². The fourth-order valence-electron chi connectivity index (χ4n) is 4.91. The van der Waals surface area contributed by atoms with Gasteiger partial charge >= 0.3 is 5.97 Å². The molecule has 3 aromatic carbocycles. The van der Waals surface area contributed by atoms with Crippen molar-refractivity contribution in [2.45, 2.75) is 46.2 Å². The molecule has 7 nitrogen and oxygen atoms in total. The first kappa shape index (κ1) is 25.4. The Morgan fingerprint density at radius 3 is 2.28 bits per heavy atom. The van der Waals surface area contributed by atoms with Gasteiger partial charge in [0, 0.05) is 5.69 Å². The molecule has 1 aliphatic rings. The number of hydrogen-bond acceptors (Lipinski definition) is 5. The van der Waals surface area contributed by atoms with Gasteiger partial charge in [-0.1, -0.05) is 74.5 Å². The number of hydrazine groups is 1. The quantitative estimate of drug-likeness (QED) is 0.463. The smallest absolute Gasteiger partial charge is 0.321 e. The van der Waals surface area contributed by atoms with E-state index >= 15 is 0 Å². The minimum Gasteiger partial charge on any atom is -0.468 e. The summed E-state index contributed by atoms with van der Waals surface area (Å²) in [5, 5.41) is 8.12. The third-order valence-corrected chi connectivity index (χ3v) is 6.69. The lowest BCUT2D eigenvalue weighted by Gasteiger charge is -2.52. The standard InChI is InChI=1S/C29H33N3O4/c1-18(2)16-24(28(34)30-26-19(3)10-8-11-20(26)4)32-29(35)27(31(32)17-25(33)36-5)23-15-9-13-21-12-6-7-14-22(21)23/h6-15,18,24,27H,16-17H2,1-5H3,(H,30,34). The highest BCUT2D eigenvalue weighted by Crippen LogP contribution is 2.40. The first-order valence-electron chi connectivity index (χ1n) is 12.2. The molecule has 0 saturated carbocycles. The number of ether oxygens (including phenoxy) is 1. The average Bonchev–Trinajstić information content (AvgIpc) is 2.85. The number of amides is 2. The van der Waals surface area contributed by atoms with Crippen LogP contribution in [0.5, 0.6) is 0 Å². The van der Waals surface area contributed by atoms with Gasteiger partial charge in [0.05, 0.1) is 7.11 Å². The zero-order valence-electron chi connectivity index (χ0n) is 21.4. The van der Waals surface area contributed by atoms with Crippen molar-refractivity contribution >= 4 is 34.2 Å².